The molecule has 0 unspecified atom stereocenters. The summed E-state index contributed by atoms with van der Waals surface area (Å²) in [4.78, 5) is 12.1. The molecule has 0 saturated carbocycles. The molecule has 0 aliphatic carbocycles. The van der Waals surface area contributed by atoms with Crippen molar-refractivity contribution in [1.29, 1.82) is 0 Å². The molecule has 1 atom stereocenters. The number of hydrogen-bond acceptors (Lipinski definition) is 3. The molecule has 1 heterocycles. The molecule has 0 spiro atoms. The van der Waals surface area contributed by atoms with Crippen molar-refractivity contribution in [2.75, 3.05) is 25.6 Å². The summed E-state index contributed by atoms with van der Waals surface area (Å²) >= 11 is 0. The van der Waals surface area contributed by atoms with E-state index in [-0.39, 0.29) is 17.5 Å². The second-order valence-electron chi connectivity index (χ2n) is 6.32. The van der Waals surface area contributed by atoms with Gasteiger partial charge in [-0.05, 0) is 29.5 Å². The molecule has 1 fully saturated rings. The van der Waals surface area contributed by atoms with Gasteiger partial charge in [0.1, 0.15) is 5.75 Å². The Hall–Kier alpha value is -1.75. The third-order valence-corrected chi connectivity index (χ3v) is 3.58. The van der Waals surface area contributed by atoms with Gasteiger partial charge in [-0.1, -0.05) is 26.8 Å². The highest BCUT2D eigenvalue weighted by atomic mass is 16.5. The highest BCUT2D eigenvalue weighted by molar-refractivity contribution is 5.91. The number of benzene rings is 1. The molecule has 21 heavy (non-hydrogen) atoms. The minimum atomic E-state index is -0.227. The van der Waals surface area contributed by atoms with E-state index in [4.69, 9.17) is 9.47 Å². The van der Waals surface area contributed by atoms with Crippen LogP contribution in [0, 0.1) is 0 Å². The average Bonchev–Trinajstić information content (AvgIpc) is 2.90. The first-order chi connectivity index (χ1) is 9.90. The third kappa shape index (κ3) is 4.11. The summed E-state index contributed by atoms with van der Waals surface area (Å²) in [5.74, 6) is 0.654. The summed E-state index contributed by atoms with van der Waals surface area (Å²) in [6.07, 6.45) is 0.854. The Kier molecular flexibility index (Phi) is 4.73. The zero-order valence-corrected chi connectivity index (χ0v) is 13.2. The number of amides is 2. The molecule has 1 aliphatic heterocycles. The van der Waals surface area contributed by atoms with E-state index in [1.54, 1.807) is 7.11 Å². The Balaban J connectivity index is 2.11. The summed E-state index contributed by atoms with van der Waals surface area (Å²) in [5, 5.41) is 5.78. The molecule has 2 amide bonds. The first-order valence-corrected chi connectivity index (χ1v) is 7.24. The minimum absolute atomic E-state index is 0.0124. The number of carbonyl (C=O) groups excluding carboxylic acids is 1. The van der Waals surface area contributed by atoms with Gasteiger partial charge in [0.25, 0.3) is 0 Å². The van der Waals surface area contributed by atoms with Crippen molar-refractivity contribution in [2.45, 2.75) is 38.6 Å². The average molecular weight is 292 g/mol. The highest BCUT2D eigenvalue weighted by Crippen LogP contribution is 2.31. The van der Waals surface area contributed by atoms with E-state index in [1.165, 1.54) is 0 Å². The summed E-state index contributed by atoms with van der Waals surface area (Å²) in [6, 6.07) is 5.72. The topological polar surface area (TPSA) is 59.6 Å². The number of nitrogens with one attached hydrogen (secondary N) is 2. The van der Waals surface area contributed by atoms with Crippen molar-refractivity contribution in [3.63, 3.8) is 0 Å². The van der Waals surface area contributed by atoms with Crippen LogP contribution in [0.5, 0.6) is 5.75 Å². The van der Waals surface area contributed by atoms with Crippen LogP contribution in [0.25, 0.3) is 0 Å². The van der Waals surface area contributed by atoms with Crippen molar-refractivity contribution in [3.8, 4) is 5.75 Å². The summed E-state index contributed by atoms with van der Waals surface area (Å²) < 4.78 is 10.6. The van der Waals surface area contributed by atoms with Gasteiger partial charge in [0.2, 0.25) is 0 Å². The van der Waals surface area contributed by atoms with E-state index in [0.717, 1.165) is 12.0 Å². The van der Waals surface area contributed by atoms with Gasteiger partial charge in [-0.2, -0.15) is 0 Å². The van der Waals surface area contributed by atoms with Gasteiger partial charge in [0.15, 0.2) is 0 Å². The Morgan fingerprint density at radius 1 is 1.38 bits per heavy atom. The van der Waals surface area contributed by atoms with Crippen LogP contribution in [0.1, 0.15) is 32.8 Å². The number of carbonyl (C=O) groups is 1. The van der Waals surface area contributed by atoms with E-state index in [1.807, 2.05) is 18.2 Å². The Morgan fingerprint density at radius 3 is 2.71 bits per heavy atom. The molecule has 2 N–H and O–H groups in total. The number of hydrogen-bond donors (Lipinski definition) is 2. The normalized spacial score (nSPS) is 18.4. The summed E-state index contributed by atoms with van der Waals surface area (Å²) in [5.41, 5.74) is 1.84. The molecule has 1 aromatic rings. The molecular formula is C16H24N2O3. The molecule has 5 nitrogen and oxygen atoms in total. The van der Waals surface area contributed by atoms with Gasteiger partial charge in [0, 0.05) is 6.61 Å². The molecule has 1 aliphatic rings. The second kappa shape index (κ2) is 6.35. The molecular weight excluding hydrogens is 268 g/mol. The maximum Gasteiger partial charge on any atom is 0.319 e. The monoisotopic (exact) mass is 292 g/mol. The van der Waals surface area contributed by atoms with Crippen LogP contribution in [0.3, 0.4) is 0 Å². The Morgan fingerprint density at radius 2 is 2.14 bits per heavy atom. The third-order valence-electron chi connectivity index (χ3n) is 3.58. The minimum Gasteiger partial charge on any atom is -0.495 e. The SMILES string of the molecule is COc1ccc(C(C)(C)C)cc1NC(=O)N[C@@H]1CCOC1. The van der Waals surface area contributed by atoms with Crippen LogP contribution in [-0.2, 0) is 10.2 Å². The number of ether oxygens (including phenoxy) is 2. The highest BCUT2D eigenvalue weighted by Gasteiger charge is 2.20. The molecule has 5 heteroatoms. The van der Waals surface area contributed by atoms with Crippen molar-refractivity contribution in [3.05, 3.63) is 23.8 Å². The molecule has 0 radical (unpaired) electrons. The predicted molar refractivity (Wildman–Crippen MR) is 83.1 cm³/mol. The number of anilines is 1. The summed E-state index contributed by atoms with van der Waals surface area (Å²) in [6.45, 7) is 7.68. The zero-order valence-electron chi connectivity index (χ0n) is 13.2. The van der Waals surface area contributed by atoms with Crippen LogP contribution in [-0.4, -0.2) is 32.4 Å². The number of urea groups is 1. The van der Waals surface area contributed by atoms with Gasteiger partial charge < -0.3 is 20.1 Å². The van der Waals surface area contributed by atoms with E-state index in [0.29, 0.717) is 24.7 Å². The van der Waals surface area contributed by atoms with Crippen molar-refractivity contribution >= 4 is 11.7 Å². The van der Waals surface area contributed by atoms with E-state index >= 15 is 0 Å². The lowest BCUT2D eigenvalue weighted by molar-refractivity contribution is 0.189. The lowest BCUT2D eigenvalue weighted by Gasteiger charge is -2.21. The van der Waals surface area contributed by atoms with Crippen LogP contribution in [0.15, 0.2) is 18.2 Å². The van der Waals surface area contributed by atoms with Gasteiger partial charge in [-0.15, -0.1) is 0 Å². The van der Waals surface area contributed by atoms with Gasteiger partial charge in [-0.25, -0.2) is 4.79 Å². The molecule has 2 rings (SSSR count). The number of methoxy groups -OCH3 is 1. The Bertz CT molecular complexity index is 503. The van der Waals surface area contributed by atoms with Crippen LogP contribution in [0.4, 0.5) is 10.5 Å². The van der Waals surface area contributed by atoms with Crippen molar-refractivity contribution in [1.82, 2.24) is 5.32 Å². The van der Waals surface area contributed by atoms with Crippen LogP contribution >= 0.6 is 0 Å². The quantitative estimate of drug-likeness (QED) is 0.900. The van der Waals surface area contributed by atoms with Gasteiger partial charge in [-0.3, -0.25) is 0 Å². The van der Waals surface area contributed by atoms with Crippen molar-refractivity contribution < 1.29 is 14.3 Å². The molecule has 1 aromatic carbocycles. The van der Waals surface area contributed by atoms with Crippen LogP contribution in [0.2, 0.25) is 0 Å². The molecule has 0 bridgehead atoms. The smallest absolute Gasteiger partial charge is 0.319 e. The molecule has 116 valence electrons. The Labute approximate surface area is 126 Å². The fourth-order valence-corrected chi connectivity index (χ4v) is 2.26. The summed E-state index contributed by atoms with van der Waals surface area (Å²) in [7, 11) is 1.60. The largest absolute Gasteiger partial charge is 0.495 e. The molecule has 0 aromatic heterocycles. The van der Waals surface area contributed by atoms with Gasteiger partial charge in [0.05, 0.1) is 25.4 Å². The fourth-order valence-electron chi connectivity index (χ4n) is 2.26. The predicted octanol–water partition coefficient (Wildman–Crippen LogP) is 2.90. The van der Waals surface area contributed by atoms with E-state index in [2.05, 4.69) is 31.4 Å². The maximum absolute atomic E-state index is 12.1. The second-order valence-corrected chi connectivity index (χ2v) is 6.32. The van der Waals surface area contributed by atoms with Gasteiger partial charge >= 0.3 is 6.03 Å². The lowest BCUT2D eigenvalue weighted by Crippen LogP contribution is -2.38. The fraction of sp³-hybridized carbons (Fsp3) is 0.562. The van der Waals surface area contributed by atoms with Crippen LogP contribution < -0.4 is 15.4 Å². The van der Waals surface area contributed by atoms with E-state index in [9.17, 15) is 4.79 Å². The first kappa shape index (κ1) is 15.6. The standard InChI is InChI=1S/C16H24N2O3/c1-16(2,3)11-5-6-14(20-4)13(9-11)18-15(19)17-12-7-8-21-10-12/h5-6,9,12H,7-8,10H2,1-4H3,(H2,17,18,19)/t12-/m1/s1. The van der Waals surface area contributed by atoms with E-state index < -0.39 is 0 Å². The first-order valence-electron chi connectivity index (χ1n) is 7.24. The number of rotatable bonds is 3. The maximum atomic E-state index is 12.1. The van der Waals surface area contributed by atoms with Crippen molar-refractivity contribution in [2.24, 2.45) is 0 Å². The zero-order chi connectivity index (χ0) is 15.5. The lowest BCUT2D eigenvalue weighted by atomic mass is 9.87. The molecule has 1 saturated heterocycles.